The van der Waals surface area contributed by atoms with Gasteiger partial charge in [0.2, 0.25) is 0 Å². The second kappa shape index (κ2) is 7.32. The molecule has 1 aliphatic carbocycles. The van der Waals surface area contributed by atoms with Gasteiger partial charge >= 0.3 is 0 Å². The topological polar surface area (TPSA) is 0 Å². The second-order valence-electron chi connectivity index (χ2n) is 7.35. The lowest BCUT2D eigenvalue weighted by Gasteiger charge is -2.18. The first-order valence-electron chi connectivity index (χ1n) is 9.90. The van der Waals surface area contributed by atoms with Crippen LogP contribution in [0.25, 0.3) is 11.1 Å². The van der Waals surface area contributed by atoms with Crippen LogP contribution in [0.2, 0.25) is 0 Å². The zero-order chi connectivity index (χ0) is 18.8. The highest BCUT2D eigenvalue weighted by Crippen LogP contribution is 2.50. The number of hydrogen-bond donors (Lipinski definition) is 0. The highest BCUT2D eigenvalue weighted by molar-refractivity contribution is 6.05. The van der Waals surface area contributed by atoms with E-state index in [0.29, 0.717) is 5.92 Å². The first-order chi connectivity index (χ1) is 13.9. The number of hydrogen-bond acceptors (Lipinski definition) is 0. The molecule has 0 saturated heterocycles. The van der Waals surface area contributed by atoms with E-state index in [0.717, 1.165) is 6.42 Å². The lowest BCUT2D eigenvalue weighted by Crippen LogP contribution is -2.03. The fourth-order valence-electron chi connectivity index (χ4n) is 4.44. The SMILES string of the molecule is c1ccc(CC2C(c3ccccc3)=C(c3ccccc3)c3ccccc32)cc1. The van der Waals surface area contributed by atoms with Gasteiger partial charge < -0.3 is 0 Å². The molecule has 0 heterocycles. The van der Waals surface area contributed by atoms with Crippen molar-refractivity contribution in [2.24, 2.45) is 0 Å². The molecule has 0 aliphatic heterocycles. The Morgan fingerprint density at radius 2 is 1.04 bits per heavy atom. The maximum absolute atomic E-state index is 2.31. The predicted molar refractivity (Wildman–Crippen MR) is 118 cm³/mol. The van der Waals surface area contributed by atoms with Crippen molar-refractivity contribution >= 4 is 11.1 Å². The van der Waals surface area contributed by atoms with Crippen LogP contribution in [0.3, 0.4) is 0 Å². The average molecular weight is 358 g/mol. The maximum Gasteiger partial charge on any atom is 0.0148 e. The van der Waals surface area contributed by atoms with E-state index in [1.807, 2.05) is 0 Å². The monoisotopic (exact) mass is 358 g/mol. The molecule has 28 heavy (non-hydrogen) atoms. The van der Waals surface area contributed by atoms with Crippen LogP contribution in [0.4, 0.5) is 0 Å². The van der Waals surface area contributed by atoms with Gasteiger partial charge in [-0.15, -0.1) is 0 Å². The molecule has 0 aromatic heterocycles. The molecule has 0 amide bonds. The molecular weight excluding hydrogens is 336 g/mol. The smallest absolute Gasteiger partial charge is 0.0148 e. The molecule has 1 atom stereocenters. The third-order valence-electron chi connectivity index (χ3n) is 5.65. The molecule has 0 N–H and O–H groups in total. The normalized spacial score (nSPS) is 15.5. The van der Waals surface area contributed by atoms with Crippen LogP contribution in [-0.4, -0.2) is 0 Å². The molecule has 1 aliphatic rings. The van der Waals surface area contributed by atoms with Gasteiger partial charge in [-0.25, -0.2) is 0 Å². The summed E-state index contributed by atoms with van der Waals surface area (Å²) in [5.74, 6) is 0.358. The first kappa shape index (κ1) is 16.8. The second-order valence-corrected chi connectivity index (χ2v) is 7.35. The molecule has 0 heteroatoms. The van der Waals surface area contributed by atoms with Crippen LogP contribution in [0.1, 0.15) is 33.7 Å². The summed E-state index contributed by atoms with van der Waals surface area (Å²) >= 11 is 0. The zero-order valence-corrected chi connectivity index (χ0v) is 15.8. The van der Waals surface area contributed by atoms with E-state index in [-0.39, 0.29) is 0 Å². The summed E-state index contributed by atoms with van der Waals surface area (Å²) in [6, 6.07) is 41.5. The summed E-state index contributed by atoms with van der Waals surface area (Å²) in [4.78, 5) is 0. The Morgan fingerprint density at radius 1 is 0.500 bits per heavy atom. The highest BCUT2D eigenvalue weighted by Gasteiger charge is 2.32. The lowest BCUT2D eigenvalue weighted by atomic mass is 9.85. The van der Waals surface area contributed by atoms with E-state index in [1.54, 1.807) is 0 Å². The van der Waals surface area contributed by atoms with Crippen LogP contribution < -0.4 is 0 Å². The standard InChI is InChI=1S/C28H22/c1-4-12-21(13-5-1)20-26-24-18-10-11-19-25(24)27(22-14-6-2-7-15-22)28(26)23-16-8-3-9-17-23/h1-19,26H,20H2. The Kier molecular flexibility index (Phi) is 4.39. The Balaban J connectivity index is 1.75. The molecule has 0 radical (unpaired) electrons. The van der Waals surface area contributed by atoms with E-state index < -0.39 is 0 Å². The first-order valence-corrected chi connectivity index (χ1v) is 9.90. The van der Waals surface area contributed by atoms with Crippen molar-refractivity contribution in [3.8, 4) is 0 Å². The average Bonchev–Trinajstić information content (AvgIpc) is 3.10. The zero-order valence-electron chi connectivity index (χ0n) is 15.8. The number of benzene rings is 4. The summed E-state index contributed by atoms with van der Waals surface area (Å²) < 4.78 is 0. The van der Waals surface area contributed by atoms with Crippen molar-refractivity contribution in [3.05, 3.63) is 143 Å². The third-order valence-corrected chi connectivity index (χ3v) is 5.65. The van der Waals surface area contributed by atoms with Gasteiger partial charge in [0.15, 0.2) is 0 Å². The Morgan fingerprint density at radius 3 is 1.71 bits per heavy atom. The summed E-state index contributed by atoms with van der Waals surface area (Å²) in [7, 11) is 0. The lowest BCUT2D eigenvalue weighted by molar-refractivity contribution is 0.866. The minimum atomic E-state index is 0.358. The summed E-state index contributed by atoms with van der Waals surface area (Å²) in [6.45, 7) is 0. The molecular formula is C28H22. The molecule has 0 saturated carbocycles. The Bertz CT molecular complexity index is 1110. The van der Waals surface area contributed by atoms with Crippen molar-refractivity contribution in [3.63, 3.8) is 0 Å². The van der Waals surface area contributed by atoms with Gasteiger partial charge in [-0.2, -0.15) is 0 Å². The Labute approximate surface area is 166 Å². The molecule has 4 aromatic rings. The van der Waals surface area contributed by atoms with Crippen LogP contribution in [0.15, 0.2) is 115 Å². The molecule has 0 fully saturated rings. The molecule has 1 unspecified atom stereocenters. The van der Waals surface area contributed by atoms with Gasteiger partial charge in [-0.05, 0) is 45.4 Å². The van der Waals surface area contributed by atoms with E-state index in [1.165, 1.54) is 39.0 Å². The third kappa shape index (κ3) is 2.97. The van der Waals surface area contributed by atoms with E-state index in [4.69, 9.17) is 0 Å². The quantitative estimate of drug-likeness (QED) is 0.369. The van der Waals surface area contributed by atoms with Gasteiger partial charge in [-0.1, -0.05) is 115 Å². The largest absolute Gasteiger partial charge is 0.0622 e. The summed E-state index contributed by atoms with van der Waals surface area (Å²) in [5.41, 5.74) is 9.62. The van der Waals surface area contributed by atoms with Crippen molar-refractivity contribution < 1.29 is 0 Å². The van der Waals surface area contributed by atoms with E-state index in [2.05, 4.69) is 115 Å². The van der Waals surface area contributed by atoms with Gasteiger partial charge in [0.25, 0.3) is 0 Å². The number of fused-ring (bicyclic) bond motifs is 1. The van der Waals surface area contributed by atoms with Gasteiger partial charge in [0, 0.05) is 5.92 Å². The molecule has 0 bridgehead atoms. The van der Waals surface area contributed by atoms with Gasteiger partial charge in [-0.3, -0.25) is 0 Å². The molecule has 4 aromatic carbocycles. The highest BCUT2D eigenvalue weighted by atomic mass is 14.3. The minimum Gasteiger partial charge on any atom is -0.0622 e. The molecule has 0 spiro atoms. The molecule has 134 valence electrons. The number of allylic oxidation sites excluding steroid dienone is 1. The van der Waals surface area contributed by atoms with Crippen LogP contribution >= 0.6 is 0 Å². The summed E-state index contributed by atoms with van der Waals surface area (Å²) in [6.07, 6.45) is 1.01. The fraction of sp³-hybridized carbons (Fsp3) is 0.0714. The van der Waals surface area contributed by atoms with Crippen molar-refractivity contribution in [2.75, 3.05) is 0 Å². The molecule has 5 rings (SSSR count). The number of rotatable bonds is 4. The van der Waals surface area contributed by atoms with Crippen molar-refractivity contribution in [2.45, 2.75) is 12.3 Å². The maximum atomic E-state index is 2.31. The summed E-state index contributed by atoms with van der Waals surface area (Å²) in [5, 5.41) is 0. The predicted octanol–water partition coefficient (Wildman–Crippen LogP) is 6.99. The van der Waals surface area contributed by atoms with Gasteiger partial charge in [0.1, 0.15) is 0 Å². The van der Waals surface area contributed by atoms with Crippen molar-refractivity contribution in [1.82, 2.24) is 0 Å². The fourth-order valence-corrected chi connectivity index (χ4v) is 4.44. The van der Waals surface area contributed by atoms with E-state index in [9.17, 15) is 0 Å². The molecule has 0 nitrogen and oxygen atoms in total. The van der Waals surface area contributed by atoms with Crippen LogP contribution in [0.5, 0.6) is 0 Å². The van der Waals surface area contributed by atoms with Crippen LogP contribution in [0, 0.1) is 0 Å². The van der Waals surface area contributed by atoms with Gasteiger partial charge in [0.05, 0.1) is 0 Å². The van der Waals surface area contributed by atoms with E-state index >= 15 is 0 Å². The Hall–Kier alpha value is -3.38. The van der Waals surface area contributed by atoms with Crippen LogP contribution in [-0.2, 0) is 6.42 Å². The van der Waals surface area contributed by atoms with Crippen molar-refractivity contribution in [1.29, 1.82) is 0 Å². The minimum absolute atomic E-state index is 0.358.